The molecule has 0 aliphatic rings. The molecule has 0 saturated carbocycles. The highest BCUT2D eigenvalue weighted by atomic mass is 19.1. The van der Waals surface area contributed by atoms with Gasteiger partial charge in [-0.05, 0) is 42.3 Å². The zero-order valence-corrected chi connectivity index (χ0v) is 10.6. The molecule has 0 atom stereocenters. The van der Waals surface area contributed by atoms with Crippen LogP contribution in [0.5, 0.6) is 5.75 Å². The number of carboxylic acids is 1. The van der Waals surface area contributed by atoms with Crippen molar-refractivity contribution < 1.29 is 19.0 Å². The van der Waals surface area contributed by atoms with Gasteiger partial charge in [0, 0.05) is 5.56 Å². The lowest BCUT2D eigenvalue weighted by molar-refractivity contribution is 0.0697. The van der Waals surface area contributed by atoms with Crippen molar-refractivity contribution in [3.63, 3.8) is 0 Å². The van der Waals surface area contributed by atoms with E-state index in [2.05, 4.69) is 0 Å². The summed E-state index contributed by atoms with van der Waals surface area (Å²) in [6.07, 6.45) is 0. The maximum Gasteiger partial charge on any atom is 0.336 e. The van der Waals surface area contributed by atoms with Crippen LogP contribution in [0.15, 0.2) is 36.4 Å². The smallest absolute Gasteiger partial charge is 0.336 e. The number of aromatic carboxylic acids is 1. The number of aryl methyl sites for hydroxylation is 1. The van der Waals surface area contributed by atoms with Gasteiger partial charge < -0.3 is 9.84 Å². The topological polar surface area (TPSA) is 46.5 Å². The van der Waals surface area contributed by atoms with Crippen LogP contribution >= 0.6 is 0 Å². The van der Waals surface area contributed by atoms with Crippen LogP contribution in [0.1, 0.15) is 15.9 Å². The van der Waals surface area contributed by atoms with E-state index in [0.29, 0.717) is 11.3 Å². The highest BCUT2D eigenvalue weighted by Gasteiger charge is 2.15. The molecule has 0 heterocycles. The van der Waals surface area contributed by atoms with Crippen LogP contribution in [0, 0.1) is 12.7 Å². The average molecular weight is 260 g/mol. The zero-order chi connectivity index (χ0) is 14.0. The Morgan fingerprint density at radius 2 is 1.84 bits per heavy atom. The minimum absolute atomic E-state index is 0.0158. The quantitative estimate of drug-likeness (QED) is 0.918. The lowest BCUT2D eigenvalue weighted by Crippen LogP contribution is -2.01. The molecule has 0 aliphatic heterocycles. The molecule has 0 unspecified atom stereocenters. The first-order chi connectivity index (χ1) is 9.02. The van der Waals surface area contributed by atoms with E-state index in [1.54, 1.807) is 31.2 Å². The molecule has 2 rings (SSSR count). The van der Waals surface area contributed by atoms with Gasteiger partial charge in [0.25, 0.3) is 0 Å². The standard InChI is InChI=1S/C15H13FO3/c1-9-3-5-12(14(16)7-9)11-6-4-10(19-2)8-13(11)15(17)18/h3-8H,1-2H3,(H,17,18). The van der Waals surface area contributed by atoms with Gasteiger partial charge in [-0.3, -0.25) is 0 Å². The summed E-state index contributed by atoms with van der Waals surface area (Å²) in [6.45, 7) is 1.78. The molecule has 0 aromatic heterocycles. The fourth-order valence-corrected chi connectivity index (χ4v) is 1.90. The predicted molar refractivity (Wildman–Crippen MR) is 70.1 cm³/mol. The minimum atomic E-state index is -1.12. The first-order valence-electron chi connectivity index (χ1n) is 5.71. The number of methoxy groups -OCH3 is 1. The lowest BCUT2D eigenvalue weighted by atomic mass is 9.98. The molecule has 0 radical (unpaired) electrons. The molecule has 0 saturated heterocycles. The third-order valence-electron chi connectivity index (χ3n) is 2.87. The average Bonchev–Trinajstić information content (AvgIpc) is 2.38. The number of ether oxygens (including phenoxy) is 1. The number of hydrogen-bond acceptors (Lipinski definition) is 2. The molecule has 2 aromatic rings. The van der Waals surface area contributed by atoms with Crippen LogP contribution in [-0.2, 0) is 0 Å². The lowest BCUT2D eigenvalue weighted by Gasteiger charge is -2.10. The van der Waals surface area contributed by atoms with Gasteiger partial charge in [-0.1, -0.05) is 12.1 Å². The number of benzene rings is 2. The van der Waals surface area contributed by atoms with Gasteiger partial charge in [0.05, 0.1) is 12.7 Å². The van der Waals surface area contributed by atoms with Crippen LogP contribution < -0.4 is 4.74 Å². The van der Waals surface area contributed by atoms with Crippen LogP contribution in [0.2, 0.25) is 0 Å². The molecule has 19 heavy (non-hydrogen) atoms. The molecule has 0 spiro atoms. The molecule has 1 N–H and O–H groups in total. The normalized spacial score (nSPS) is 10.3. The zero-order valence-electron chi connectivity index (χ0n) is 10.6. The Morgan fingerprint density at radius 3 is 2.42 bits per heavy atom. The van der Waals surface area contributed by atoms with E-state index in [9.17, 15) is 14.3 Å². The fraction of sp³-hybridized carbons (Fsp3) is 0.133. The Balaban J connectivity index is 2.64. The minimum Gasteiger partial charge on any atom is -0.497 e. The summed E-state index contributed by atoms with van der Waals surface area (Å²) >= 11 is 0. The molecule has 2 aromatic carbocycles. The van der Waals surface area contributed by atoms with Crippen molar-refractivity contribution in [2.24, 2.45) is 0 Å². The highest BCUT2D eigenvalue weighted by molar-refractivity contribution is 5.96. The van der Waals surface area contributed by atoms with Gasteiger partial charge in [-0.25, -0.2) is 9.18 Å². The molecule has 0 amide bonds. The van der Waals surface area contributed by atoms with Gasteiger partial charge in [0.1, 0.15) is 11.6 Å². The number of halogens is 1. The van der Waals surface area contributed by atoms with E-state index in [-0.39, 0.29) is 11.1 Å². The number of carbonyl (C=O) groups is 1. The molecule has 98 valence electrons. The Bertz CT molecular complexity index is 635. The van der Waals surface area contributed by atoms with Crippen LogP contribution in [0.4, 0.5) is 4.39 Å². The second-order valence-electron chi connectivity index (χ2n) is 4.20. The van der Waals surface area contributed by atoms with Crippen molar-refractivity contribution in [3.8, 4) is 16.9 Å². The van der Waals surface area contributed by atoms with Crippen molar-refractivity contribution in [1.29, 1.82) is 0 Å². The van der Waals surface area contributed by atoms with E-state index in [0.717, 1.165) is 5.56 Å². The predicted octanol–water partition coefficient (Wildman–Crippen LogP) is 3.51. The van der Waals surface area contributed by atoms with Crippen molar-refractivity contribution in [3.05, 3.63) is 53.3 Å². The van der Waals surface area contributed by atoms with E-state index in [1.165, 1.54) is 19.2 Å². The van der Waals surface area contributed by atoms with Crippen LogP contribution in [-0.4, -0.2) is 18.2 Å². The highest BCUT2D eigenvalue weighted by Crippen LogP contribution is 2.29. The summed E-state index contributed by atoms with van der Waals surface area (Å²) < 4.78 is 18.9. The fourth-order valence-electron chi connectivity index (χ4n) is 1.90. The second-order valence-corrected chi connectivity index (χ2v) is 4.20. The van der Waals surface area contributed by atoms with Gasteiger partial charge in [-0.15, -0.1) is 0 Å². The van der Waals surface area contributed by atoms with Crippen molar-refractivity contribution >= 4 is 5.97 Å². The Morgan fingerprint density at radius 1 is 1.16 bits per heavy atom. The van der Waals surface area contributed by atoms with Crippen LogP contribution in [0.25, 0.3) is 11.1 Å². The van der Waals surface area contributed by atoms with Crippen molar-refractivity contribution in [1.82, 2.24) is 0 Å². The molecular weight excluding hydrogens is 247 g/mol. The van der Waals surface area contributed by atoms with E-state index < -0.39 is 11.8 Å². The summed E-state index contributed by atoms with van der Waals surface area (Å²) in [5.74, 6) is -1.13. The maximum absolute atomic E-state index is 13.9. The third kappa shape index (κ3) is 2.57. The molecular formula is C15H13FO3. The summed E-state index contributed by atoms with van der Waals surface area (Å²) in [5.41, 5.74) is 1.41. The summed E-state index contributed by atoms with van der Waals surface area (Å²) in [5, 5.41) is 9.21. The van der Waals surface area contributed by atoms with Gasteiger partial charge in [-0.2, -0.15) is 0 Å². The Kier molecular flexibility index (Phi) is 3.51. The summed E-state index contributed by atoms with van der Waals surface area (Å²) in [7, 11) is 1.45. The first kappa shape index (κ1) is 13.1. The molecule has 0 fully saturated rings. The second kappa shape index (κ2) is 5.10. The molecule has 3 nitrogen and oxygen atoms in total. The molecule has 0 aliphatic carbocycles. The third-order valence-corrected chi connectivity index (χ3v) is 2.87. The molecule has 0 bridgehead atoms. The number of rotatable bonds is 3. The summed E-state index contributed by atoms with van der Waals surface area (Å²) in [4.78, 5) is 11.3. The van der Waals surface area contributed by atoms with Crippen LogP contribution in [0.3, 0.4) is 0 Å². The first-order valence-corrected chi connectivity index (χ1v) is 5.71. The van der Waals surface area contributed by atoms with E-state index in [4.69, 9.17) is 4.74 Å². The van der Waals surface area contributed by atoms with E-state index >= 15 is 0 Å². The van der Waals surface area contributed by atoms with Crippen molar-refractivity contribution in [2.75, 3.05) is 7.11 Å². The number of carboxylic acid groups (broad SMARTS) is 1. The van der Waals surface area contributed by atoms with Crippen molar-refractivity contribution in [2.45, 2.75) is 6.92 Å². The SMILES string of the molecule is COc1ccc(-c2ccc(C)cc2F)c(C(=O)O)c1. The van der Waals surface area contributed by atoms with Gasteiger partial charge in [0.2, 0.25) is 0 Å². The molecule has 4 heteroatoms. The number of hydrogen-bond donors (Lipinski definition) is 1. The van der Waals surface area contributed by atoms with Gasteiger partial charge in [0.15, 0.2) is 0 Å². The monoisotopic (exact) mass is 260 g/mol. The largest absolute Gasteiger partial charge is 0.497 e. The Hall–Kier alpha value is -2.36. The van der Waals surface area contributed by atoms with Gasteiger partial charge >= 0.3 is 5.97 Å². The maximum atomic E-state index is 13.9. The van der Waals surface area contributed by atoms with E-state index in [1.807, 2.05) is 0 Å². The summed E-state index contributed by atoms with van der Waals surface area (Å²) in [6, 6.07) is 9.26. The Labute approximate surface area is 110 Å².